The number of hydrogen-bond acceptors (Lipinski definition) is 3. The Hall–Kier alpha value is -3.31. The van der Waals surface area contributed by atoms with Gasteiger partial charge in [0, 0.05) is 37.3 Å². The molecule has 0 unspecified atom stereocenters. The second-order valence-corrected chi connectivity index (χ2v) is 7.75. The normalized spacial score (nSPS) is 13.7. The minimum Gasteiger partial charge on any atom is -0.496 e. The van der Waals surface area contributed by atoms with Crippen molar-refractivity contribution in [2.24, 2.45) is 0 Å². The summed E-state index contributed by atoms with van der Waals surface area (Å²) in [6.45, 7) is 1.91. The molecule has 4 rings (SSSR count). The highest BCUT2D eigenvalue weighted by Gasteiger charge is 2.26. The first-order valence-electron chi connectivity index (χ1n) is 10.1. The average Bonchev–Trinajstić information content (AvgIpc) is 2.83. The maximum atomic E-state index is 13.1. The Morgan fingerprint density at radius 3 is 2.16 bits per heavy atom. The van der Waals surface area contributed by atoms with Crippen molar-refractivity contribution in [3.8, 4) is 16.9 Å². The summed E-state index contributed by atoms with van der Waals surface area (Å²) < 4.78 is 5.45. The zero-order chi connectivity index (χ0) is 21.8. The number of amides is 2. The van der Waals surface area contributed by atoms with E-state index in [9.17, 15) is 9.59 Å². The molecule has 1 heterocycles. The Morgan fingerprint density at radius 2 is 1.45 bits per heavy atom. The molecular weight excluding hydrogens is 412 g/mol. The van der Waals surface area contributed by atoms with Gasteiger partial charge in [0.05, 0.1) is 17.7 Å². The molecule has 31 heavy (non-hydrogen) atoms. The quantitative estimate of drug-likeness (QED) is 0.602. The number of hydrogen-bond donors (Lipinski definition) is 0. The summed E-state index contributed by atoms with van der Waals surface area (Å²) in [4.78, 5) is 29.4. The van der Waals surface area contributed by atoms with Crippen molar-refractivity contribution >= 4 is 23.4 Å². The number of carbonyl (C=O) groups excluding carboxylic acids is 2. The largest absolute Gasteiger partial charge is 0.496 e. The fourth-order valence-corrected chi connectivity index (χ4v) is 4.02. The Morgan fingerprint density at radius 1 is 0.806 bits per heavy atom. The minimum atomic E-state index is -0.101. The predicted octanol–water partition coefficient (Wildman–Crippen LogP) is 4.61. The van der Waals surface area contributed by atoms with Gasteiger partial charge in [0.15, 0.2) is 0 Å². The van der Waals surface area contributed by atoms with Crippen molar-refractivity contribution in [2.75, 3.05) is 33.3 Å². The van der Waals surface area contributed by atoms with E-state index in [-0.39, 0.29) is 11.8 Å². The minimum absolute atomic E-state index is 0.0402. The molecule has 0 bridgehead atoms. The molecular formula is C25H23ClN2O3. The summed E-state index contributed by atoms with van der Waals surface area (Å²) >= 11 is 6.16. The lowest BCUT2D eigenvalue weighted by molar-refractivity contribution is 0.0535. The first-order chi connectivity index (χ1) is 15.1. The van der Waals surface area contributed by atoms with Gasteiger partial charge >= 0.3 is 0 Å². The lowest BCUT2D eigenvalue weighted by Gasteiger charge is -2.35. The molecule has 2 amide bonds. The van der Waals surface area contributed by atoms with E-state index in [0.29, 0.717) is 42.3 Å². The molecule has 6 heteroatoms. The zero-order valence-electron chi connectivity index (χ0n) is 17.3. The maximum Gasteiger partial charge on any atom is 0.255 e. The molecule has 0 aromatic heterocycles. The molecule has 0 atom stereocenters. The van der Waals surface area contributed by atoms with Gasteiger partial charge in [-0.25, -0.2) is 0 Å². The van der Waals surface area contributed by atoms with Crippen LogP contribution < -0.4 is 4.74 Å². The van der Waals surface area contributed by atoms with Crippen LogP contribution in [0.2, 0.25) is 5.02 Å². The number of halogens is 1. The SMILES string of the molecule is COc1ccccc1-c1cccc(C(=O)N2CCN(C(=O)c3ccccc3Cl)CC2)c1. The van der Waals surface area contributed by atoms with Gasteiger partial charge in [-0.3, -0.25) is 9.59 Å². The van der Waals surface area contributed by atoms with Gasteiger partial charge in [0.25, 0.3) is 11.8 Å². The van der Waals surface area contributed by atoms with E-state index in [1.54, 1.807) is 41.2 Å². The molecule has 3 aromatic carbocycles. The Balaban J connectivity index is 1.46. The van der Waals surface area contributed by atoms with Crippen molar-refractivity contribution in [3.05, 3.63) is 88.9 Å². The highest BCUT2D eigenvalue weighted by Crippen LogP contribution is 2.30. The third kappa shape index (κ3) is 4.42. The Bertz CT molecular complexity index is 1110. The van der Waals surface area contributed by atoms with Crippen LogP contribution >= 0.6 is 11.6 Å². The molecule has 1 aliphatic heterocycles. The van der Waals surface area contributed by atoms with Gasteiger partial charge in [-0.2, -0.15) is 0 Å². The summed E-state index contributed by atoms with van der Waals surface area (Å²) in [5, 5.41) is 0.444. The van der Waals surface area contributed by atoms with Gasteiger partial charge < -0.3 is 14.5 Å². The molecule has 0 spiro atoms. The van der Waals surface area contributed by atoms with E-state index in [1.165, 1.54) is 0 Å². The monoisotopic (exact) mass is 434 g/mol. The van der Waals surface area contributed by atoms with E-state index in [4.69, 9.17) is 16.3 Å². The Labute approximate surface area is 186 Å². The van der Waals surface area contributed by atoms with Crippen molar-refractivity contribution in [2.45, 2.75) is 0 Å². The van der Waals surface area contributed by atoms with Crippen LogP contribution in [0.15, 0.2) is 72.8 Å². The van der Waals surface area contributed by atoms with Crippen LogP contribution in [0.25, 0.3) is 11.1 Å². The highest BCUT2D eigenvalue weighted by molar-refractivity contribution is 6.33. The van der Waals surface area contributed by atoms with Gasteiger partial charge in [-0.05, 0) is 35.9 Å². The van der Waals surface area contributed by atoms with Crippen molar-refractivity contribution < 1.29 is 14.3 Å². The summed E-state index contributed by atoms with van der Waals surface area (Å²) in [5.74, 6) is 0.622. The Kier molecular flexibility index (Phi) is 6.23. The predicted molar refractivity (Wildman–Crippen MR) is 122 cm³/mol. The number of nitrogens with zero attached hydrogens (tertiary/aromatic N) is 2. The number of para-hydroxylation sites is 1. The van der Waals surface area contributed by atoms with Gasteiger partial charge in [0.2, 0.25) is 0 Å². The molecule has 0 radical (unpaired) electrons. The van der Waals surface area contributed by atoms with E-state index < -0.39 is 0 Å². The molecule has 0 saturated carbocycles. The van der Waals surface area contributed by atoms with Crippen LogP contribution in [0, 0.1) is 0 Å². The van der Waals surface area contributed by atoms with E-state index in [2.05, 4.69) is 0 Å². The summed E-state index contributed by atoms with van der Waals surface area (Å²) in [5.41, 5.74) is 2.98. The smallest absolute Gasteiger partial charge is 0.255 e. The molecule has 158 valence electrons. The lowest BCUT2D eigenvalue weighted by Crippen LogP contribution is -2.50. The van der Waals surface area contributed by atoms with Crippen LogP contribution in [0.1, 0.15) is 20.7 Å². The van der Waals surface area contributed by atoms with Crippen LogP contribution in [0.3, 0.4) is 0 Å². The number of rotatable bonds is 4. The third-order valence-corrected chi connectivity index (χ3v) is 5.82. The topological polar surface area (TPSA) is 49.9 Å². The van der Waals surface area contributed by atoms with E-state index in [1.807, 2.05) is 48.5 Å². The molecule has 1 saturated heterocycles. The highest BCUT2D eigenvalue weighted by atomic mass is 35.5. The first kappa shape index (κ1) is 20.9. The number of ether oxygens (including phenoxy) is 1. The first-order valence-corrected chi connectivity index (χ1v) is 10.5. The summed E-state index contributed by atoms with van der Waals surface area (Å²) in [7, 11) is 1.64. The van der Waals surface area contributed by atoms with Crippen LogP contribution in [-0.4, -0.2) is 54.9 Å². The van der Waals surface area contributed by atoms with Crippen LogP contribution in [0.4, 0.5) is 0 Å². The van der Waals surface area contributed by atoms with Crippen LogP contribution in [0.5, 0.6) is 5.75 Å². The number of methoxy groups -OCH3 is 1. The fraction of sp³-hybridized carbons (Fsp3) is 0.200. The number of carbonyl (C=O) groups is 2. The molecule has 5 nitrogen and oxygen atoms in total. The maximum absolute atomic E-state index is 13.1. The van der Waals surface area contributed by atoms with Gasteiger partial charge in [-0.1, -0.05) is 54.1 Å². The molecule has 0 aliphatic carbocycles. The van der Waals surface area contributed by atoms with E-state index >= 15 is 0 Å². The zero-order valence-corrected chi connectivity index (χ0v) is 18.0. The van der Waals surface area contributed by atoms with Crippen molar-refractivity contribution in [1.29, 1.82) is 0 Å². The van der Waals surface area contributed by atoms with Gasteiger partial charge in [0.1, 0.15) is 5.75 Å². The second kappa shape index (κ2) is 9.23. The molecule has 1 fully saturated rings. The average molecular weight is 435 g/mol. The van der Waals surface area contributed by atoms with Gasteiger partial charge in [-0.15, -0.1) is 0 Å². The van der Waals surface area contributed by atoms with Crippen LogP contribution in [-0.2, 0) is 0 Å². The summed E-state index contributed by atoms with van der Waals surface area (Å²) in [6.07, 6.45) is 0. The third-order valence-electron chi connectivity index (χ3n) is 5.49. The summed E-state index contributed by atoms with van der Waals surface area (Å²) in [6, 6.07) is 22.3. The second-order valence-electron chi connectivity index (χ2n) is 7.35. The fourth-order valence-electron chi connectivity index (χ4n) is 3.80. The number of piperazine rings is 1. The molecule has 3 aromatic rings. The van der Waals surface area contributed by atoms with E-state index in [0.717, 1.165) is 16.9 Å². The van der Waals surface area contributed by atoms with Crippen molar-refractivity contribution in [3.63, 3.8) is 0 Å². The standard InChI is InChI=1S/C25H23ClN2O3/c1-31-23-12-5-3-9-20(23)18-7-6-8-19(17-18)24(29)27-13-15-28(16-14-27)25(30)21-10-2-4-11-22(21)26/h2-12,17H,13-16H2,1H3. The molecule has 1 aliphatic rings. The van der Waals surface area contributed by atoms with Crippen molar-refractivity contribution in [1.82, 2.24) is 9.80 Å². The number of benzene rings is 3. The lowest BCUT2D eigenvalue weighted by atomic mass is 10.0. The molecule has 0 N–H and O–H groups in total.